The first-order valence-corrected chi connectivity index (χ1v) is 7.56. The van der Waals surface area contributed by atoms with Crippen molar-refractivity contribution in [2.24, 2.45) is 0 Å². The number of nitrogens with zero attached hydrogens (tertiary/aromatic N) is 1. The molecule has 5 nitrogen and oxygen atoms in total. The molecule has 6 heteroatoms. The molecule has 0 fully saturated rings. The molecule has 0 saturated heterocycles. The highest BCUT2D eigenvalue weighted by Gasteiger charge is 2.12. The third-order valence-corrected chi connectivity index (χ3v) is 3.96. The van der Waals surface area contributed by atoms with E-state index in [0.29, 0.717) is 24.5 Å². The highest BCUT2D eigenvalue weighted by Crippen LogP contribution is 2.19. The highest BCUT2D eigenvalue weighted by atomic mass is 32.1. The summed E-state index contributed by atoms with van der Waals surface area (Å²) < 4.78 is 5.49. The van der Waals surface area contributed by atoms with Crippen molar-refractivity contribution in [2.45, 2.75) is 26.3 Å². The van der Waals surface area contributed by atoms with E-state index < -0.39 is 0 Å². The van der Waals surface area contributed by atoms with Crippen LogP contribution in [0.5, 0.6) is 5.75 Å². The van der Waals surface area contributed by atoms with Gasteiger partial charge < -0.3 is 15.8 Å². The Balaban J connectivity index is 1.73. The van der Waals surface area contributed by atoms with Gasteiger partial charge in [-0.25, -0.2) is 4.98 Å². The fourth-order valence-electron chi connectivity index (χ4n) is 1.77. The van der Waals surface area contributed by atoms with Crippen LogP contribution in [0.1, 0.15) is 29.3 Å². The molecule has 0 aliphatic heterocycles. The Kier molecular flexibility index (Phi) is 5.16. The van der Waals surface area contributed by atoms with Gasteiger partial charge in [0.1, 0.15) is 10.8 Å². The van der Waals surface area contributed by atoms with Gasteiger partial charge in [0.05, 0.1) is 19.1 Å². The first-order chi connectivity index (χ1) is 10.0. The third-order valence-electron chi connectivity index (χ3n) is 2.87. The fraction of sp³-hybridized carbons (Fsp3) is 0.333. The maximum Gasteiger partial charge on any atom is 0.223 e. The molecule has 3 N–H and O–H groups in total. The van der Waals surface area contributed by atoms with Crippen molar-refractivity contribution >= 4 is 22.9 Å². The Morgan fingerprint density at radius 1 is 1.43 bits per heavy atom. The van der Waals surface area contributed by atoms with Crippen LogP contribution in [0.25, 0.3) is 0 Å². The van der Waals surface area contributed by atoms with Gasteiger partial charge >= 0.3 is 0 Å². The molecule has 1 unspecified atom stereocenters. The Morgan fingerprint density at radius 3 is 2.76 bits per heavy atom. The lowest BCUT2D eigenvalue weighted by molar-refractivity contribution is -0.122. The minimum Gasteiger partial charge on any atom is -0.493 e. The molecule has 2 aromatic rings. The number of nitrogen functional groups attached to an aromatic ring is 1. The van der Waals surface area contributed by atoms with Gasteiger partial charge in [-0.2, -0.15) is 0 Å². The summed E-state index contributed by atoms with van der Waals surface area (Å²) in [5.74, 6) is 0.659. The van der Waals surface area contributed by atoms with Crippen LogP contribution in [0.2, 0.25) is 0 Å². The number of ether oxygens (including phenoxy) is 1. The van der Waals surface area contributed by atoms with Gasteiger partial charge in [0, 0.05) is 16.8 Å². The Morgan fingerprint density at radius 2 is 2.14 bits per heavy atom. The second-order valence-electron chi connectivity index (χ2n) is 4.77. The van der Waals surface area contributed by atoms with Gasteiger partial charge in [0.25, 0.3) is 0 Å². The van der Waals surface area contributed by atoms with Gasteiger partial charge in [0.15, 0.2) is 0 Å². The average molecular weight is 305 g/mol. The number of nitrogens with one attached hydrogen (secondary N) is 1. The summed E-state index contributed by atoms with van der Waals surface area (Å²) >= 11 is 1.59. The summed E-state index contributed by atoms with van der Waals surface area (Å²) in [6, 6.07) is 7.03. The SMILES string of the molecule is Cc1cnc(C(C)NC(=O)CCOc2ccc(N)cc2)s1. The number of carbonyl (C=O) groups is 1. The molecule has 0 radical (unpaired) electrons. The zero-order valence-corrected chi connectivity index (χ0v) is 12.9. The predicted molar refractivity (Wildman–Crippen MR) is 84.4 cm³/mol. The molecule has 0 spiro atoms. The molecule has 1 atom stereocenters. The first-order valence-electron chi connectivity index (χ1n) is 6.74. The van der Waals surface area contributed by atoms with Crippen LogP contribution in [0, 0.1) is 6.92 Å². The van der Waals surface area contributed by atoms with Crippen LogP contribution >= 0.6 is 11.3 Å². The van der Waals surface area contributed by atoms with Crippen LogP contribution in [0.3, 0.4) is 0 Å². The molecule has 1 amide bonds. The van der Waals surface area contributed by atoms with Gasteiger partial charge in [0.2, 0.25) is 5.91 Å². The van der Waals surface area contributed by atoms with E-state index in [4.69, 9.17) is 10.5 Å². The van der Waals surface area contributed by atoms with E-state index in [0.717, 1.165) is 9.88 Å². The molecule has 2 rings (SSSR count). The second kappa shape index (κ2) is 7.08. The van der Waals surface area contributed by atoms with E-state index in [1.165, 1.54) is 0 Å². The van der Waals surface area contributed by atoms with Crippen molar-refractivity contribution in [3.05, 3.63) is 40.3 Å². The summed E-state index contributed by atoms with van der Waals surface area (Å²) in [7, 11) is 0. The summed E-state index contributed by atoms with van der Waals surface area (Å²) in [5.41, 5.74) is 6.28. The highest BCUT2D eigenvalue weighted by molar-refractivity contribution is 7.11. The lowest BCUT2D eigenvalue weighted by atomic mass is 10.3. The summed E-state index contributed by atoms with van der Waals surface area (Å²) in [4.78, 5) is 17.2. The van der Waals surface area contributed by atoms with Crippen molar-refractivity contribution in [1.82, 2.24) is 10.3 Å². The maximum atomic E-state index is 11.8. The molecule has 1 aromatic heterocycles. The third kappa shape index (κ3) is 4.75. The molecule has 0 aliphatic rings. The van der Waals surface area contributed by atoms with E-state index in [2.05, 4.69) is 10.3 Å². The largest absolute Gasteiger partial charge is 0.493 e. The van der Waals surface area contributed by atoms with Crippen molar-refractivity contribution < 1.29 is 9.53 Å². The van der Waals surface area contributed by atoms with Crippen LogP contribution < -0.4 is 15.8 Å². The molecular weight excluding hydrogens is 286 g/mol. The number of aromatic nitrogens is 1. The van der Waals surface area contributed by atoms with E-state index in [9.17, 15) is 4.79 Å². The second-order valence-corrected chi connectivity index (χ2v) is 6.03. The van der Waals surface area contributed by atoms with Crippen molar-refractivity contribution in [3.8, 4) is 5.75 Å². The molecule has 1 heterocycles. The summed E-state index contributed by atoms with van der Waals surface area (Å²) in [6.07, 6.45) is 2.12. The summed E-state index contributed by atoms with van der Waals surface area (Å²) in [5, 5.41) is 3.83. The van der Waals surface area contributed by atoms with Gasteiger partial charge in [-0.15, -0.1) is 11.3 Å². The number of hydrogen-bond acceptors (Lipinski definition) is 5. The van der Waals surface area contributed by atoms with E-state index in [1.54, 1.807) is 35.6 Å². The molecule has 0 saturated carbocycles. The van der Waals surface area contributed by atoms with E-state index in [1.807, 2.05) is 20.0 Å². The van der Waals surface area contributed by atoms with Crippen molar-refractivity contribution in [3.63, 3.8) is 0 Å². The number of carbonyl (C=O) groups excluding carboxylic acids is 1. The van der Waals surface area contributed by atoms with Gasteiger partial charge in [-0.1, -0.05) is 0 Å². The van der Waals surface area contributed by atoms with Crippen LogP contribution in [0.15, 0.2) is 30.5 Å². The molecule has 1 aromatic carbocycles. The number of nitrogens with two attached hydrogens (primary N) is 1. The summed E-state index contributed by atoms with van der Waals surface area (Å²) in [6.45, 7) is 4.26. The normalized spacial score (nSPS) is 11.9. The standard InChI is InChI=1S/C15H19N3O2S/c1-10-9-17-15(21-10)11(2)18-14(19)7-8-20-13-5-3-12(16)4-6-13/h3-6,9,11H,7-8,16H2,1-2H3,(H,18,19). The number of hydrogen-bond donors (Lipinski definition) is 2. The van der Waals surface area contributed by atoms with Gasteiger partial charge in [-0.05, 0) is 38.1 Å². The predicted octanol–water partition coefficient (Wildman–Crippen LogP) is 2.68. The maximum absolute atomic E-state index is 11.8. The van der Waals surface area contributed by atoms with Gasteiger partial charge in [-0.3, -0.25) is 4.79 Å². The lowest BCUT2D eigenvalue weighted by Gasteiger charge is -2.11. The Bertz CT molecular complexity index is 595. The monoisotopic (exact) mass is 305 g/mol. The van der Waals surface area contributed by atoms with Crippen LogP contribution in [-0.2, 0) is 4.79 Å². The van der Waals surface area contributed by atoms with E-state index in [-0.39, 0.29) is 11.9 Å². The number of amides is 1. The lowest BCUT2D eigenvalue weighted by Crippen LogP contribution is -2.27. The number of thiazole rings is 1. The number of anilines is 1. The number of aryl methyl sites for hydroxylation is 1. The molecule has 0 bridgehead atoms. The zero-order chi connectivity index (χ0) is 15.2. The zero-order valence-electron chi connectivity index (χ0n) is 12.1. The van der Waals surface area contributed by atoms with Crippen LogP contribution in [0.4, 0.5) is 5.69 Å². The molecule has 112 valence electrons. The quantitative estimate of drug-likeness (QED) is 0.804. The van der Waals surface area contributed by atoms with Crippen LogP contribution in [-0.4, -0.2) is 17.5 Å². The number of benzene rings is 1. The smallest absolute Gasteiger partial charge is 0.223 e. The molecule has 21 heavy (non-hydrogen) atoms. The molecule has 0 aliphatic carbocycles. The average Bonchev–Trinajstić information content (AvgIpc) is 2.88. The van der Waals surface area contributed by atoms with Crippen molar-refractivity contribution in [1.29, 1.82) is 0 Å². The Labute approximate surface area is 128 Å². The first kappa shape index (κ1) is 15.3. The van der Waals surface area contributed by atoms with E-state index >= 15 is 0 Å². The Hall–Kier alpha value is -2.08. The number of rotatable bonds is 6. The van der Waals surface area contributed by atoms with Crippen molar-refractivity contribution in [2.75, 3.05) is 12.3 Å². The topological polar surface area (TPSA) is 77.2 Å². The fourth-order valence-corrected chi connectivity index (χ4v) is 2.55. The molecular formula is C15H19N3O2S. The minimum absolute atomic E-state index is 0.0502. The minimum atomic E-state index is -0.0762.